The second-order valence-electron chi connectivity index (χ2n) is 3.60. The molecule has 0 aliphatic carbocycles. The van der Waals surface area contributed by atoms with Crippen LogP contribution in [-0.2, 0) is 0 Å². The molecule has 1 rings (SSSR count). The molecule has 1 aromatic carbocycles. The fourth-order valence-electron chi connectivity index (χ4n) is 1.10. The summed E-state index contributed by atoms with van der Waals surface area (Å²) in [7, 11) is 0.846. The summed E-state index contributed by atoms with van der Waals surface area (Å²) in [6.45, 7) is 7.42. The Morgan fingerprint density at radius 1 is 1.43 bits per heavy atom. The Kier molecular flexibility index (Phi) is 4.74. The molecule has 0 amide bonds. The van der Waals surface area contributed by atoms with E-state index in [1.807, 2.05) is 6.07 Å². The molecule has 0 bridgehead atoms. The Hall–Kier alpha value is -0.763. The molecule has 0 aliphatic rings. The topological polar surface area (TPSA) is 9.23 Å². The predicted molar refractivity (Wildman–Crippen MR) is 62.6 cm³/mol. The van der Waals surface area contributed by atoms with Crippen molar-refractivity contribution in [2.45, 2.75) is 26.8 Å². The van der Waals surface area contributed by atoms with Gasteiger partial charge in [-0.3, -0.25) is 0 Å². The molecule has 0 heterocycles. The lowest BCUT2D eigenvalue weighted by molar-refractivity contribution is 0.257. The van der Waals surface area contributed by atoms with Crippen molar-refractivity contribution in [3.63, 3.8) is 0 Å². The van der Waals surface area contributed by atoms with Crippen LogP contribution in [0.25, 0.3) is 0 Å². The maximum Gasteiger partial charge on any atom is 0.119 e. The van der Waals surface area contributed by atoms with Gasteiger partial charge in [0.1, 0.15) is 5.75 Å². The van der Waals surface area contributed by atoms with Gasteiger partial charge in [0.25, 0.3) is 0 Å². The van der Waals surface area contributed by atoms with Crippen molar-refractivity contribution in [1.82, 2.24) is 0 Å². The third-order valence-corrected chi connectivity index (χ3v) is 3.24. The van der Waals surface area contributed by atoms with Gasteiger partial charge in [0.15, 0.2) is 0 Å². The van der Waals surface area contributed by atoms with E-state index in [-0.39, 0.29) is 0 Å². The quantitative estimate of drug-likeness (QED) is 0.673. The SMILES string of the molecule is CCC(C)COc1cccc([Si]C)c1. The molecular formula is C12H18OSi. The number of hydrogen-bond donors (Lipinski definition) is 0. The maximum absolute atomic E-state index is 5.71. The molecule has 0 aromatic heterocycles. The predicted octanol–water partition coefficient (Wildman–Crippen LogP) is 2.49. The molecule has 1 aromatic rings. The summed E-state index contributed by atoms with van der Waals surface area (Å²) in [5.41, 5.74) is 0. The van der Waals surface area contributed by atoms with E-state index in [1.54, 1.807) is 0 Å². The monoisotopic (exact) mass is 206 g/mol. The van der Waals surface area contributed by atoms with Crippen molar-refractivity contribution in [1.29, 1.82) is 0 Å². The maximum atomic E-state index is 5.71. The van der Waals surface area contributed by atoms with Gasteiger partial charge < -0.3 is 4.74 Å². The molecule has 0 aliphatic heterocycles. The molecular weight excluding hydrogens is 188 g/mol. The molecule has 2 heteroatoms. The van der Waals surface area contributed by atoms with E-state index in [1.165, 1.54) is 11.6 Å². The smallest absolute Gasteiger partial charge is 0.119 e. The lowest BCUT2D eigenvalue weighted by Crippen LogP contribution is -2.12. The molecule has 1 unspecified atom stereocenters. The molecule has 0 N–H and O–H groups in total. The minimum Gasteiger partial charge on any atom is -0.493 e. The van der Waals surface area contributed by atoms with E-state index >= 15 is 0 Å². The Bertz CT molecular complexity index is 273. The van der Waals surface area contributed by atoms with E-state index in [4.69, 9.17) is 4.74 Å². The first kappa shape index (κ1) is 11.3. The Balaban J connectivity index is 2.50. The highest BCUT2D eigenvalue weighted by molar-refractivity contribution is 6.51. The second kappa shape index (κ2) is 5.86. The molecule has 1 atom stereocenters. The Morgan fingerprint density at radius 2 is 2.21 bits per heavy atom. The average Bonchev–Trinajstić information content (AvgIpc) is 2.26. The first-order valence-corrected chi connectivity index (χ1v) is 6.67. The van der Waals surface area contributed by atoms with Crippen molar-refractivity contribution in [2.75, 3.05) is 6.61 Å². The van der Waals surface area contributed by atoms with Gasteiger partial charge in [-0.25, -0.2) is 0 Å². The van der Waals surface area contributed by atoms with Gasteiger partial charge in [0.2, 0.25) is 0 Å². The van der Waals surface area contributed by atoms with Gasteiger partial charge in [0, 0.05) is 0 Å². The van der Waals surface area contributed by atoms with Gasteiger partial charge >= 0.3 is 0 Å². The van der Waals surface area contributed by atoms with E-state index in [0.29, 0.717) is 5.92 Å². The highest BCUT2D eigenvalue weighted by Crippen LogP contribution is 2.10. The molecule has 0 saturated heterocycles. The van der Waals surface area contributed by atoms with Crippen LogP contribution in [0.2, 0.25) is 6.55 Å². The summed E-state index contributed by atoms with van der Waals surface area (Å²) < 4.78 is 5.71. The van der Waals surface area contributed by atoms with Crippen molar-refractivity contribution in [3.8, 4) is 5.75 Å². The van der Waals surface area contributed by atoms with E-state index in [0.717, 1.165) is 21.9 Å². The van der Waals surface area contributed by atoms with Crippen LogP contribution >= 0.6 is 0 Å². The van der Waals surface area contributed by atoms with Crippen molar-refractivity contribution in [3.05, 3.63) is 24.3 Å². The van der Waals surface area contributed by atoms with Crippen molar-refractivity contribution < 1.29 is 4.74 Å². The zero-order chi connectivity index (χ0) is 10.4. The van der Waals surface area contributed by atoms with Crippen LogP contribution in [-0.4, -0.2) is 16.1 Å². The molecule has 0 fully saturated rings. The summed E-state index contributed by atoms with van der Waals surface area (Å²) in [5, 5.41) is 1.37. The minimum absolute atomic E-state index is 0.641. The molecule has 2 radical (unpaired) electrons. The van der Waals surface area contributed by atoms with Gasteiger partial charge in [-0.15, -0.1) is 0 Å². The van der Waals surface area contributed by atoms with Gasteiger partial charge in [-0.2, -0.15) is 0 Å². The van der Waals surface area contributed by atoms with Gasteiger partial charge in [0.05, 0.1) is 16.1 Å². The fraction of sp³-hybridized carbons (Fsp3) is 0.500. The van der Waals surface area contributed by atoms with Crippen molar-refractivity contribution in [2.24, 2.45) is 5.92 Å². The highest BCUT2D eigenvalue weighted by Gasteiger charge is 2.00. The first-order valence-electron chi connectivity index (χ1n) is 5.17. The minimum atomic E-state index is 0.641. The summed E-state index contributed by atoms with van der Waals surface area (Å²) in [5.74, 6) is 1.65. The number of ether oxygens (including phenoxy) is 1. The van der Waals surface area contributed by atoms with Crippen LogP contribution < -0.4 is 9.92 Å². The Labute approximate surface area is 89.3 Å². The van der Waals surface area contributed by atoms with Crippen molar-refractivity contribution >= 4 is 14.7 Å². The normalized spacial score (nSPS) is 12.5. The van der Waals surface area contributed by atoms with Crippen LogP contribution in [0.15, 0.2) is 24.3 Å². The van der Waals surface area contributed by atoms with Gasteiger partial charge in [-0.1, -0.05) is 44.1 Å². The highest BCUT2D eigenvalue weighted by atomic mass is 28.2. The number of benzene rings is 1. The lowest BCUT2D eigenvalue weighted by Gasteiger charge is -2.11. The second-order valence-corrected chi connectivity index (χ2v) is 4.68. The van der Waals surface area contributed by atoms with E-state index in [9.17, 15) is 0 Å². The van der Waals surface area contributed by atoms with Crippen LogP contribution in [0.1, 0.15) is 20.3 Å². The lowest BCUT2D eigenvalue weighted by atomic mass is 10.1. The Morgan fingerprint density at radius 3 is 2.86 bits per heavy atom. The van der Waals surface area contributed by atoms with Crippen LogP contribution in [0.4, 0.5) is 0 Å². The van der Waals surface area contributed by atoms with E-state index < -0.39 is 0 Å². The fourth-order valence-corrected chi connectivity index (χ4v) is 1.65. The first-order chi connectivity index (χ1) is 6.76. The van der Waals surface area contributed by atoms with E-state index in [2.05, 4.69) is 38.6 Å². The molecule has 0 spiro atoms. The largest absolute Gasteiger partial charge is 0.493 e. The van der Waals surface area contributed by atoms with Crippen LogP contribution in [0.5, 0.6) is 5.75 Å². The van der Waals surface area contributed by atoms with Gasteiger partial charge in [-0.05, 0) is 18.1 Å². The van der Waals surface area contributed by atoms with Crippen LogP contribution in [0, 0.1) is 5.92 Å². The number of hydrogen-bond acceptors (Lipinski definition) is 1. The molecule has 1 nitrogen and oxygen atoms in total. The molecule has 76 valence electrons. The molecule has 0 saturated carbocycles. The third kappa shape index (κ3) is 3.54. The summed E-state index contributed by atoms with van der Waals surface area (Å²) >= 11 is 0. The average molecular weight is 206 g/mol. The zero-order valence-electron chi connectivity index (χ0n) is 9.21. The third-order valence-electron chi connectivity index (χ3n) is 2.35. The summed E-state index contributed by atoms with van der Waals surface area (Å²) in [6.07, 6.45) is 1.18. The zero-order valence-corrected chi connectivity index (χ0v) is 10.2. The van der Waals surface area contributed by atoms with Crippen LogP contribution in [0.3, 0.4) is 0 Å². The standard InChI is InChI=1S/C12H18OSi/c1-4-10(2)9-13-11-6-5-7-12(8-11)14-3/h5-8,10H,4,9H2,1-3H3. The molecule has 14 heavy (non-hydrogen) atoms. The summed E-state index contributed by atoms with van der Waals surface area (Å²) in [6, 6.07) is 8.39. The summed E-state index contributed by atoms with van der Waals surface area (Å²) in [4.78, 5) is 0. The number of rotatable bonds is 5.